The fourth-order valence-corrected chi connectivity index (χ4v) is 3.37. The smallest absolute Gasteiger partial charge is 0.282 e. The highest BCUT2D eigenvalue weighted by molar-refractivity contribution is 7.94. The van der Waals surface area contributed by atoms with Crippen LogP contribution in [0, 0.1) is 25.1 Å². The first kappa shape index (κ1) is 23.6. The van der Waals surface area contributed by atoms with Crippen molar-refractivity contribution in [2.45, 2.75) is 18.1 Å². The number of hydrogen-bond acceptors (Lipinski definition) is 10. The van der Waals surface area contributed by atoms with Crippen LogP contribution in [0.2, 0.25) is 0 Å². The van der Waals surface area contributed by atoms with Gasteiger partial charge < -0.3 is 13.7 Å². The van der Waals surface area contributed by atoms with Crippen molar-refractivity contribution in [1.82, 2.24) is 0 Å². The molecule has 0 aliphatic rings. The highest BCUT2D eigenvalue weighted by atomic mass is 32.2. The second kappa shape index (κ2) is 11.0. The fraction of sp³-hybridized carbons (Fsp3) is 0.143. The van der Waals surface area contributed by atoms with Crippen molar-refractivity contribution in [1.29, 1.82) is 0 Å². The molecule has 0 aliphatic heterocycles. The van der Waals surface area contributed by atoms with Crippen LogP contribution >= 0.6 is 12.0 Å². The summed E-state index contributed by atoms with van der Waals surface area (Å²) in [5.74, 6) is 1.10. The minimum Gasteiger partial charge on any atom is -0.497 e. The lowest BCUT2D eigenvalue weighted by Gasteiger charge is -2.10. The largest absolute Gasteiger partial charge is 0.497 e. The molecule has 0 spiro atoms. The van der Waals surface area contributed by atoms with Crippen LogP contribution in [-0.4, -0.2) is 17.0 Å². The van der Waals surface area contributed by atoms with Crippen LogP contribution in [0.25, 0.3) is 0 Å². The predicted molar refractivity (Wildman–Crippen MR) is 120 cm³/mol. The Morgan fingerprint density at radius 2 is 1.45 bits per heavy atom. The van der Waals surface area contributed by atoms with Gasteiger partial charge in [-0.05, 0) is 53.7 Å². The predicted octanol–water partition coefficient (Wildman–Crippen LogP) is 5.71. The number of nitro benzene ring substituents is 2. The number of methoxy groups -OCH3 is 1. The lowest BCUT2D eigenvalue weighted by atomic mass is 10.1. The Morgan fingerprint density at radius 1 is 0.879 bits per heavy atom. The van der Waals surface area contributed by atoms with Crippen LogP contribution < -0.4 is 9.47 Å². The maximum Gasteiger partial charge on any atom is 0.282 e. The molecule has 0 unspecified atom stereocenters. The summed E-state index contributed by atoms with van der Waals surface area (Å²) in [6.07, 6.45) is 0. The van der Waals surface area contributed by atoms with Gasteiger partial charge in [0.1, 0.15) is 36.0 Å². The first-order valence-corrected chi connectivity index (χ1v) is 10.1. The van der Waals surface area contributed by atoms with Crippen molar-refractivity contribution in [3.8, 4) is 11.5 Å². The van der Waals surface area contributed by atoms with Gasteiger partial charge >= 0.3 is 0 Å². The van der Waals surface area contributed by atoms with E-state index >= 15 is 0 Å². The molecule has 3 aromatic carbocycles. The summed E-state index contributed by atoms with van der Waals surface area (Å²) in [7, 11) is 1.53. The van der Waals surface area contributed by atoms with Crippen molar-refractivity contribution >= 4 is 29.1 Å². The van der Waals surface area contributed by atoms with Crippen molar-refractivity contribution in [2.75, 3.05) is 7.11 Å². The molecule has 3 rings (SSSR count). The lowest BCUT2D eigenvalue weighted by Crippen LogP contribution is -2.05. The zero-order valence-electron chi connectivity index (χ0n) is 17.2. The van der Waals surface area contributed by atoms with E-state index in [1.165, 1.54) is 31.4 Å². The fourth-order valence-electron chi connectivity index (χ4n) is 2.81. The van der Waals surface area contributed by atoms with Gasteiger partial charge in [0.25, 0.3) is 11.4 Å². The molecule has 0 bridgehead atoms. The quantitative estimate of drug-likeness (QED) is 0.148. The molecule has 0 aromatic heterocycles. The lowest BCUT2D eigenvalue weighted by molar-refractivity contribution is -0.396. The molecule has 0 fully saturated rings. The Hall–Kier alpha value is -4.03. The number of nitro groups is 2. The molecular weight excluding hydrogens is 454 g/mol. The second-order valence-corrected chi connectivity index (χ2v) is 7.40. The minimum absolute atomic E-state index is 0.110. The van der Waals surface area contributed by atoms with Gasteiger partial charge in [0.2, 0.25) is 0 Å². The molecule has 33 heavy (non-hydrogen) atoms. The monoisotopic (exact) mass is 471 g/mol. The number of ether oxygens (including phenoxy) is 2. The van der Waals surface area contributed by atoms with Crippen LogP contribution in [0.3, 0.4) is 0 Å². The minimum atomic E-state index is -0.697. The van der Waals surface area contributed by atoms with Gasteiger partial charge in [-0.15, -0.1) is 4.91 Å². The first-order valence-electron chi connectivity index (χ1n) is 9.35. The molecule has 0 amide bonds. The Kier molecular flexibility index (Phi) is 7.89. The van der Waals surface area contributed by atoms with Gasteiger partial charge in [-0.1, -0.05) is 0 Å². The Bertz CT molecular complexity index is 1120. The third-order valence-electron chi connectivity index (χ3n) is 4.42. The van der Waals surface area contributed by atoms with E-state index in [1.807, 2.05) is 0 Å². The van der Waals surface area contributed by atoms with Crippen LogP contribution in [0.5, 0.6) is 11.5 Å². The van der Waals surface area contributed by atoms with E-state index in [4.69, 9.17) is 13.7 Å². The average Bonchev–Trinajstić information content (AvgIpc) is 2.83. The zero-order valence-corrected chi connectivity index (χ0v) is 18.0. The SMILES string of the molecule is COc1ccc(OCc2cc([N+](=O)[O-])c(COSc3ccc(N=O)cc3)c([N+](=O)[O-])c2)cc1. The van der Waals surface area contributed by atoms with Gasteiger partial charge in [0.15, 0.2) is 0 Å². The zero-order chi connectivity index (χ0) is 23.8. The maximum absolute atomic E-state index is 11.6. The molecule has 0 N–H and O–H groups in total. The van der Waals surface area contributed by atoms with Crippen molar-refractivity contribution < 1.29 is 23.5 Å². The summed E-state index contributed by atoms with van der Waals surface area (Å²) in [4.78, 5) is 32.9. The summed E-state index contributed by atoms with van der Waals surface area (Å²) in [6.45, 7) is -0.494. The van der Waals surface area contributed by atoms with E-state index in [2.05, 4.69) is 5.18 Å². The summed E-state index contributed by atoms with van der Waals surface area (Å²) in [5, 5.41) is 26.0. The standard InChI is InChI=1S/C21H17N3O8S/c1-30-16-4-6-17(7-5-16)31-12-14-10-20(23(26)27)19(21(11-14)24(28)29)13-32-33-18-8-2-15(22-25)3-9-18/h2-11H,12-13H2,1H3. The number of rotatable bonds is 11. The van der Waals surface area contributed by atoms with Crippen LogP contribution in [0.15, 0.2) is 70.7 Å². The van der Waals surface area contributed by atoms with E-state index < -0.39 is 21.2 Å². The van der Waals surface area contributed by atoms with Gasteiger partial charge in [-0.2, -0.15) is 0 Å². The molecule has 0 heterocycles. The Labute approximate surface area is 191 Å². The number of nitroso groups, excluding NO2 is 1. The summed E-state index contributed by atoms with van der Waals surface area (Å²) in [5.41, 5.74) is -0.565. The van der Waals surface area contributed by atoms with Gasteiger partial charge in [-0.3, -0.25) is 20.2 Å². The highest BCUT2D eigenvalue weighted by Crippen LogP contribution is 2.34. The summed E-state index contributed by atoms with van der Waals surface area (Å²) in [6, 6.07) is 15.2. The van der Waals surface area contributed by atoms with Crippen LogP contribution in [-0.2, 0) is 17.4 Å². The van der Waals surface area contributed by atoms with E-state index in [0.717, 1.165) is 12.0 Å². The third kappa shape index (κ3) is 6.24. The molecule has 0 saturated heterocycles. The second-order valence-electron chi connectivity index (χ2n) is 6.52. The van der Waals surface area contributed by atoms with E-state index in [1.54, 1.807) is 36.4 Å². The topological polar surface area (TPSA) is 143 Å². The molecule has 0 radical (unpaired) electrons. The van der Waals surface area contributed by atoms with Gasteiger partial charge in [0.05, 0.1) is 17.0 Å². The number of nitrogens with zero attached hydrogens (tertiary/aromatic N) is 3. The summed E-state index contributed by atoms with van der Waals surface area (Å²) >= 11 is 0.866. The van der Waals surface area contributed by atoms with E-state index in [0.29, 0.717) is 16.4 Å². The summed E-state index contributed by atoms with van der Waals surface area (Å²) < 4.78 is 16.1. The van der Waals surface area contributed by atoms with Crippen LogP contribution in [0.4, 0.5) is 17.1 Å². The third-order valence-corrected chi connectivity index (χ3v) is 5.12. The van der Waals surface area contributed by atoms with Gasteiger partial charge in [-0.25, -0.2) is 0 Å². The van der Waals surface area contributed by atoms with Crippen molar-refractivity contribution in [2.24, 2.45) is 5.18 Å². The molecule has 3 aromatic rings. The number of hydrogen-bond donors (Lipinski definition) is 0. The molecule has 0 atom stereocenters. The average molecular weight is 471 g/mol. The van der Waals surface area contributed by atoms with Crippen molar-refractivity contribution in [3.05, 3.63) is 96.9 Å². The maximum atomic E-state index is 11.6. The molecule has 12 heteroatoms. The Balaban J connectivity index is 1.77. The highest BCUT2D eigenvalue weighted by Gasteiger charge is 2.27. The van der Waals surface area contributed by atoms with E-state index in [9.17, 15) is 25.1 Å². The van der Waals surface area contributed by atoms with E-state index in [-0.39, 0.29) is 30.0 Å². The van der Waals surface area contributed by atoms with Crippen LogP contribution in [0.1, 0.15) is 11.1 Å². The van der Waals surface area contributed by atoms with Crippen molar-refractivity contribution in [3.63, 3.8) is 0 Å². The molecule has 0 saturated carbocycles. The Morgan fingerprint density at radius 3 is 1.97 bits per heavy atom. The van der Waals surface area contributed by atoms with Gasteiger partial charge in [0, 0.05) is 34.6 Å². The molecule has 0 aliphatic carbocycles. The normalized spacial score (nSPS) is 10.5. The number of benzene rings is 3. The molecule has 11 nitrogen and oxygen atoms in total. The molecule has 170 valence electrons. The first-order chi connectivity index (χ1) is 15.9. The molecular formula is C21H17N3O8S.